The van der Waals surface area contributed by atoms with E-state index >= 15 is 0 Å². The summed E-state index contributed by atoms with van der Waals surface area (Å²) in [6.07, 6.45) is 2.21. The van der Waals surface area contributed by atoms with E-state index in [0.29, 0.717) is 12.0 Å². The van der Waals surface area contributed by atoms with Gasteiger partial charge in [0.15, 0.2) is 0 Å². The third kappa shape index (κ3) is 4.21. The van der Waals surface area contributed by atoms with Gasteiger partial charge in [-0.1, -0.05) is 19.9 Å². The molecule has 1 fully saturated rings. The molecule has 2 rings (SSSR count). The van der Waals surface area contributed by atoms with Crippen LogP contribution in [0.15, 0.2) is 12.1 Å². The van der Waals surface area contributed by atoms with Crippen LogP contribution >= 0.6 is 12.6 Å². The first-order chi connectivity index (χ1) is 9.58. The number of hydrogen-bond acceptors (Lipinski definition) is 4. The summed E-state index contributed by atoms with van der Waals surface area (Å²) in [4.78, 5) is 4.84. The topological polar surface area (TPSA) is 34.2 Å². The summed E-state index contributed by atoms with van der Waals surface area (Å²) in [6.45, 7) is 8.97. The molecule has 1 saturated heterocycles. The maximum absolute atomic E-state index is 5.47. The molecule has 0 saturated carbocycles. The van der Waals surface area contributed by atoms with Crippen molar-refractivity contribution in [2.75, 3.05) is 13.2 Å². The summed E-state index contributed by atoms with van der Waals surface area (Å²) >= 11 is 4.50. The number of nitrogens with zero attached hydrogens (tertiary/aromatic N) is 1. The summed E-state index contributed by atoms with van der Waals surface area (Å²) in [7, 11) is 0. The van der Waals surface area contributed by atoms with Crippen LogP contribution in [0.25, 0.3) is 0 Å². The lowest BCUT2D eigenvalue weighted by atomic mass is 9.90. The van der Waals surface area contributed by atoms with Gasteiger partial charge in [0.25, 0.3) is 0 Å². The molecule has 0 radical (unpaired) electrons. The highest BCUT2D eigenvalue weighted by Gasteiger charge is 2.20. The fourth-order valence-electron chi connectivity index (χ4n) is 2.58. The summed E-state index contributed by atoms with van der Waals surface area (Å²) in [5, 5.41) is 3.67. The minimum Gasteiger partial charge on any atom is -0.381 e. The predicted octanol–water partition coefficient (Wildman–Crippen LogP) is 3.46. The predicted molar refractivity (Wildman–Crippen MR) is 86.4 cm³/mol. The van der Waals surface area contributed by atoms with Crippen molar-refractivity contribution in [1.82, 2.24) is 10.3 Å². The zero-order valence-electron chi connectivity index (χ0n) is 12.7. The quantitative estimate of drug-likeness (QED) is 0.816. The van der Waals surface area contributed by atoms with Gasteiger partial charge in [-0.2, -0.15) is 12.6 Å². The molecule has 1 aromatic rings. The number of thiol groups is 1. The normalized spacial score (nSPS) is 18.4. The van der Waals surface area contributed by atoms with Crippen LogP contribution in [0.1, 0.15) is 61.7 Å². The second-order valence-electron chi connectivity index (χ2n) is 5.87. The van der Waals surface area contributed by atoms with E-state index in [-0.39, 0.29) is 5.25 Å². The lowest BCUT2D eigenvalue weighted by molar-refractivity contribution is 0.0850. The van der Waals surface area contributed by atoms with Gasteiger partial charge >= 0.3 is 0 Å². The highest BCUT2D eigenvalue weighted by atomic mass is 32.1. The summed E-state index contributed by atoms with van der Waals surface area (Å²) in [5.74, 6) is 0.587. The summed E-state index contributed by atoms with van der Waals surface area (Å²) in [6, 6.07) is 4.85. The van der Waals surface area contributed by atoms with E-state index in [9.17, 15) is 0 Å². The lowest BCUT2D eigenvalue weighted by Gasteiger charge is -2.25. The lowest BCUT2D eigenvalue weighted by Crippen LogP contribution is -2.25. The van der Waals surface area contributed by atoms with E-state index in [0.717, 1.165) is 38.3 Å². The van der Waals surface area contributed by atoms with E-state index in [2.05, 4.69) is 50.8 Å². The zero-order valence-corrected chi connectivity index (χ0v) is 13.6. The molecule has 0 bridgehead atoms. The van der Waals surface area contributed by atoms with Crippen LogP contribution in [-0.2, 0) is 11.3 Å². The Kier molecular flexibility index (Phi) is 5.87. The Hall–Kier alpha value is -0.580. The van der Waals surface area contributed by atoms with Crippen molar-refractivity contribution in [2.24, 2.45) is 0 Å². The first-order valence-corrected chi connectivity index (χ1v) is 8.08. The molecule has 2 heterocycles. The molecule has 3 nitrogen and oxygen atoms in total. The largest absolute Gasteiger partial charge is 0.381 e. The first-order valence-electron chi connectivity index (χ1n) is 7.57. The minimum absolute atomic E-state index is 0.177. The molecule has 0 aliphatic carbocycles. The van der Waals surface area contributed by atoms with Crippen molar-refractivity contribution < 1.29 is 4.74 Å². The fraction of sp³-hybridized carbons (Fsp3) is 0.688. The van der Waals surface area contributed by atoms with Crippen LogP contribution in [0, 0.1) is 0 Å². The van der Waals surface area contributed by atoms with Crippen LogP contribution < -0.4 is 5.32 Å². The number of hydrogen-bond donors (Lipinski definition) is 2. The van der Waals surface area contributed by atoms with Crippen LogP contribution in [-0.4, -0.2) is 24.2 Å². The van der Waals surface area contributed by atoms with Crippen molar-refractivity contribution in [3.05, 3.63) is 29.1 Å². The van der Waals surface area contributed by atoms with Gasteiger partial charge in [0.2, 0.25) is 0 Å². The van der Waals surface area contributed by atoms with Gasteiger partial charge in [-0.3, -0.25) is 4.98 Å². The average Bonchev–Trinajstić information content (AvgIpc) is 2.45. The Labute approximate surface area is 127 Å². The molecule has 112 valence electrons. The molecular weight excluding hydrogens is 268 g/mol. The molecule has 1 unspecified atom stereocenters. The number of ether oxygens (including phenoxy) is 1. The third-order valence-corrected chi connectivity index (χ3v) is 4.06. The van der Waals surface area contributed by atoms with Gasteiger partial charge in [0.1, 0.15) is 0 Å². The van der Waals surface area contributed by atoms with Crippen LogP contribution in [0.2, 0.25) is 0 Å². The fourth-order valence-corrected chi connectivity index (χ4v) is 2.73. The molecule has 4 heteroatoms. The number of pyridine rings is 1. The molecule has 1 aliphatic heterocycles. The highest BCUT2D eigenvalue weighted by molar-refractivity contribution is 7.80. The van der Waals surface area contributed by atoms with Crippen LogP contribution in [0.3, 0.4) is 0 Å². The Balaban J connectivity index is 2.23. The standard InChI is InChI=1S/C16H26N2OS/c1-11(2)17-10-16-14(13-6-8-19-9-7-13)4-5-15(18-16)12(3)20/h4-5,11-13,17,20H,6-10H2,1-3H3. The Morgan fingerprint density at radius 3 is 2.60 bits per heavy atom. The zero-order chi connectivity index (χ0) is 14.5. The number of nitrogens with one attached hydrogen (secondary N) is 1. The molecule has 1 atom stereocenters. The second-order valence-corrected chi connectivity index (χ2v) is 6.64. The number of aromatic nitrogens is 1. The van der Waals surface area contributed by atoms with Crippen LogP contribution in [0.4, 0.5) is 0 Å². The van der Waals surface area contributed by atoms with Gasteiger partial charge in [-0.25, -0.2) is 0 Å². The van der Waals surface area contributed by atoms with Gasteiger partial charge in [0.05, 0.1) is 11.4 Å². The highest BCUT2D eigenvalue weighted by Crippen LogP contribution is 2.30. The second kappa shape index (κ2) is 7.43. The molecule has 20 heavy (non-hydrogen) atoms. The Bertz CT molecular complexity index is 428. The Morgan fingerprint density at radius 1 is 1.30 bits per heavy atom. The van der Waals surface area contributed by atoms with E-state index in [1.165, 1.54) is 11.3 Å². The Morgan fingerprint density at radius 2 is 2.00 bits per heavy atom. The van der Waals surface area contributed by atoms with E-state index in [1.807, 2.05) is 0 Å². The van der Waals surface area contributed by atoms with Crippen LogP contribution in [0.5, 0.6) is 0 Å². The molecular formula is C16H26N2OS. The maximum atomic E-state index is 5.47. The summed E-state index contributed by atoms with van der Waals surface area (Å²) in [5.41, 5.74) is 3.63. The van der Waals surface area contributed by atoms with Gasteiger partial charge < -0.3 is 10.1 Å². The van der Waals surface area contributed by atoms with Gasteiger partial charge in [-0.05, 0) is 37.3 Å². The van der Waals surface area contributed by atoms with Crippen molar-refractivity contribution in [1.29, 1.82) is 0 Å². The molecule has 1 N–H and O–H groups in total. The molecule has 0 spiro atoms. The van der Waals surface area contributed by atoms with Crippen molar-refractivity contribution in [2.45, 2.75) is 57.4 Å². The maximum Gasteiger partial charge on any atom is 0.0580 e. The average molecular weight is 294 g/mol. The van der Waals surface area contributed by atoms with E-state index in [1.54, 1.807) is 0 Å². The van der Waals surface area contributed by atoms with E-state index < -0.39 is 0 Å². The monoisotopic (exact) mass is 294 g/mol. The SMILES string of the molecule is CC(C)NCc1nc(C(C)S)ccc1C1CCOCC1. The first kappa shape index (κ1) is 15.8. The van der Waals surface area contributed by atoms with Crippen molar-refractivity contribution >= 4 is 12.6 Å². The summed E-state index contributed by atoms with van der Waals surface area (Å²) < 4.78 is 5.47. The van der Waals surface area contributed by atoms with Gasteiger partial charge in [0, 0.05) is 31.1 Å². The smallest absolute Gasteiger partial charge is 0.0580 e. The molecule has 1 aliphatic rings. The third-order valence-electron chi connectivity index (χ3n) is 3.80. The molecule has 0 aromatic carbocycles. The van der Waals surface area contributed by atoms with E-state index in [4.69, 9.17) is 9.72 Å². The van der Waals surface area contributed by atoms with Gasteiger partial charge in [-0.15, -0.1) is 0 Å². The van der Waals surface area contributed by atoms with Crippen molar-refractivity contribution in [3.63, 3.8) is 0 Å². The molecule has 0 amide bonds. The molecule has 1 aromatic heterocycles. The number of rotatable bonds is 5. The minimum atomic E-state index is 0.177. The van der Waals surface area contributed by atoms with Crippen molar-refractivity contribution in [3.8, 4) is 0 Å².